The fraction of sp³-hybridized carbons (Fsp3) is 0.833. The zero-order valence-electron chi connectivity index (χ0n) is 6.49. The minimum Gasteiger partial charge on any atom is -0.391 e. The molecule has 4 N–H and O–H groups in total. The molecule has 0 saturated heterocycles. The van der Waals surface area contributed by atoms with Crippen LogP contribution in [0, 0.1) is 0 Å². The van der Waals surface area contributed by atoms with E-state index in [0.29, 0.717) is 0 Å². The summed E-state index contributed by atoms with van der Waals surface area (Å²) in [6.45, 7) is 1.24. The molecule has 0 aromatic carbocycles. The second-order valence-electron chi connectivity index (χ2n) is 2.35. The first-order valence-electron chi connectivity index (χ1n) is 3.18. The van der Waals surface area contributed by atoms with E-state index in [4.69, 9.17) is 20.4 Å². The van der Waals surface area contributed by atoms with E-state index >= 15 is 0 Å². The predicted molar refractivity (Wildman–Crippen MR) is 38.3 cm³/mol. The molecule has 0 amide bonds. The number of rotatable bonds is 4. The van der Waals surface area contributed by atoms with Crippen LogP contribution < -0.4 is 0 Å². The van der Waals surface area contributed by atoms with Crippen LogP contribution >= 0.6 is 0 Å². The number of halogens is 1. The topological polar surface area (TPSA) is 98.0 Å². The van der Waals surface area contributed by atoms with Gasteiger partial charge < -0.3 is 25.2 Å². The minimum absolute atomic E-state index is 0. The van der Waals surface area contributed by atoms with Gasteiger partial charge in [-0.3, -0.25) is 4.70 Å². The first-order chi connectivity index (χ1) is 5.00. The summed E-state index contributed by atoms with van der Waals surface area (Å²) < 4.78 is 0. The summed E-state index contributed by atoms with van der Waals surface area (Å²) in [4.78, 5) is 9.87. The SMILES string of the molecule is CC(O)C(O)C(O)C(O)C=O.F. The average molecular weight is 184 g/mol. The van der Waals surface area contributed by atoms with Gasteiger partial charge in [-0.25, -0.2) is 0 Å². The van der Waals surface area contributed by atoms with Crippen LogP contribution in [0.1, 0.15) is 6.92 Å². The van der Waals surface area contributed by atoms with Crippen LogP contribution in [-0.2, 0) is 4.79 Å². The summed E-state index contributed by atoms with van der Waals surface area (Å²) in [5, 5.41) is 35.1. The van der Waals surface area contributed by atoms with Crippen LogP contribution in [0.3, 0.4) is 0 Å². The summed E-state index contributed by atoms with van der Waals surface area (Å²) >= 11 is 0. The van der Waals surface area contributed by atoms with E-state index in [2.05, 4.69) is 0 Å². The zero-order chi connectivity index (χ0) is 9.02. The van der Waals surface area contributed by atoms with E-state index in [1.165, 1.54) is 6.92 Å². The second kappa shape index (κ2) is 6.01. The Morgan fingerprint density at radius 2 is 1.50 bits per heavy atom. The van der Waals surface area contributed by atoms with E-state index in [0.717, 1.165) is 0 Å². The number of hydrogen-bond donors (Lipinski definition) is 4. The van der Waals surface area contributed by atoms with Crippen molar-refractivity contribution < 1.29 is 29.9 Å². The molecule has 5 nitrogen and oxygen atoms in total. The molecular weight excluding hydrogens is 171 g/mol. The van der Waals surface area contributed by atoms with Gasteiger partial charge in [0.05, 0.1) is 6.10 Å². The molecule has 0 heterocycles. The molecule has 6 heteroatoms. The standard InChI is InChI=1S/C6H12O5.FH/c1-3(8)5(10)6(11)4(9)2-7;/h2-6,8-11H,1H3;1H. The normalized spacial score (nSPS) is 20.1. The van der Waals surface area contributed by atoms with Gasteiger partial charge in [0.15, 0.2) is 6.29 Å². The quantitative estimate of drug-likeness (QED) is 0.372. The summed E-state index contributed by atoms with van der Waals surface area (Å²) in [6, 6.07) is 0. The van der Waals surface area contributed by atoms with Crippen molar-refractivity contribution in [2.24, 2.45) is 0 Å². The van der Waals surface area contributed by atoms with E-state index < -0.39 is 24.4 Å². The van der Waals surface area contributed by atoms with Gasteiger partial charge in [-0.05, 0) is 6.92 Å². The van der Waals surface area contributed by atoms with Gasteiger partial charge in [0.2, 0.25) is 0 Å². The molecule has 0 saturated carbocycles. The van der Waals surface area contributed by atoms with Crippen molar-refractivity contribution in [1.29, 1.82) is 0 Å². The summed E-state index contributed by atoms with van der Waals surface area (Å²) in [7, 11) is 0. The van der Waals surface area contributed by atoms with Gasteiger partial charge in [-0.1, -0.05) is 0 Å². The van der Waals surface area contributed by atoms with Gasteiger partial charge in [0.1, 0.15) is 18.3 Å². The van der Waals surface area contributed by atoms with Crippen LogP contribution in [0.4, 0.5) is 4.70 Å². The van der Waals surface area contributed by atoms with Gasteiger partial charge in [0, 0.05) is 0 Å². The lowest BCUT2D eigenvalue weighted by atomic mass is 10.1. The van der Waals surface area contributed by atoms with Crippen molar-refractivity contribution >= 4 is 6.29 Å². The zero-order valence-corrected chi connectivity index (χ0v) is 6.49. The van der Waals surface area contributed by atoms with Gasteiger partial charge in [0.25, 0.3) is 0 Å². The highest BCUT2D eigenvalue weighted by molar-refractivity contribution is 5.56. The van der Waals surface area contributed by atoms with Crippen molar-refractivity contribution in [3.8, 4) is 0 Å². The number of carbonyl (C=O) groups excluding carboxylic acids is 1. The molecule has 0 rings (SSSR count). The van der Waals surface area contributed by atoms with Crippen LogP contribution in [0.15, 0.2) is 0 Å². The smallest absolute Gasteiger partial charge is 0.151 e. The van der Waals surface area contributed by atoms with Crippen molar-refractivity contribution in [2.75, 3.05) is 0 Å². The largest absolute Gasteiger partial charge is 0.391 e. The Morgan fingerprint density at radius 3 is 1.75 bits per heavy atom. The molecule has 0 aromatic heterocycles. The highest BCUT2D eigenvalue weighted by Gasteiger charge is 2.27. The van der Waals surface area contributed by atoms with E-state index in [1.807, 2.05) is 0 Å². The molecule has 0 bridgehead atoms. The molecule has 0 aromatic rings. The second-order valence-corrected chi connectivity index (χ2v) is 2.35. The molecule has 0 fully saturated rings. The molecule has 12 heavy (non-hydrogen) atoms. The maximum Gasteiger partial charge on any atom is 0.151 e. The third-order valence-electron chi connectivity index (χ3n) is 1.33. The monoisotopic (exact) mass is 184 g/mol. The van der Waals surface area contributed by atoms with Crippen molar-refractivity contribution in [3.05, 3.63) is 0 Å². The molecule has 0 aliphatic carbocycles. The number of aldehydes is 1. The van der Waals surface area contributed by atoms with Crippen LogP contribution in [0.25, 0.3) is 0 Å². The van der Waals surface area contributed by atoms with E-state index in [1.54, 1.807) is 0 Å². The lowest BCUT2D eigenvalue weighted by Gasteiger charge is -2.21. The maximum absolute atomic E-state index is 9.87. The van der Waals surface area contributed by atoms with Gasteiger partial charge in [-0.15, -0.1) is 0 Å². The van der Waals surface area contributed by atoms with Gasteiger partial charge in [-0.2, -0.15) is 0 Å². The molecular formula is C6H13FO5. The molecule has 74 valence electrons. The lowest BCUT2D eigenvalue weighted by molar-refractivity contribution is -0.132. The molecule has 0 aliphatic heterocycles. The molecule has 4 unspecified atom stereocenters. The van der Waals surface area contributed by atoms with Crippen molar-refractivity contribution in [2.45, 2.75) is 31.3 Å². The van der Waals surface area contributed by atoms with Crippen molar-refractivity contribution in [1.82, 2.24) is 0 Å². The Labute approximate surface area is 68.6 Å². The van der Waals surface area contributed by atoms with Crippen molar-refractivity contribution in [3.63, 3.8) is 0 Å². The Balaban J connectivity index is 0. The lowest BCUT2D eigenvalue weighted by Crippen LogP contribution is -2.43. The number of hydrogen-bond acceptors (Lipinski definition) is 5. The molecule has 0 spiro atoms. The average Bonchev–Trinajstić information content (AvgIpc) is 2.00. The Hall–Kier alpha value is -0.560. The van der Waals surface area contributed by atoms with Crippen LogP contribution in [-0.4, -0.2) is 51.1 Å². The minimum atomic E-state index is -1.65. The third kappa shape index (κ3) is 3.72. The highest BCUT2D eigenvalue weighted by atomic mass is 19.0. The van der Waals surface area contributed by atoms with E-state index in [-0.39, 0.29) is 11.0 Å². The van der Waals surface area contributed by atoms with Crippen LogP contribution in [0.2, 0.25) is 0 Å². The predicted octanol–water partition coefficient (Wildman–Crippen LogP) is -2.20. The maximum atomic E-state index is 9.87. The summed E-state index contributed by atoms with van der Waals surface area (Å²) in [5.74, 6) is 0. The van der Waals surface area contributed by atoms with E-state index in [9.17, 15) is 4.79 Å². The van der Waals surface area contributed by atoms with Gasteiger partial charge >= 0.3 is 0 Å². The Morgan fingerprint density at radius 1 is 1.08 bits per heavy atom. The Bertz CT molecular complexity index is 129. The number of aliphatic hydroxyl groups excluding tert-OH is 4. The summed E-state index contributed by atoms with van der Waals surface area (Å²) in [5.41, 5.74) is 0. The summed E-state index contributed by atoms with van der Waals surface area (Å²) in [6.07, 6.45) is -5.88. The number of carbonyl (C=O) groups is 1. The first-order valence-corrected chi connectivity index (χ1v) is 3.18. The highest BCUT2D eigenvalue weighted by Crippen LogP contribution is 2.02. The fourth-order valence-electron chi connectivity index (χ4n) is 0.568. The number of aliphatic hydroxyl groups is 4. The molecule has 4 atom stereocenters. The Kier molecular flexibility index (Phi) is 7.01. The third-order valence-corrected chi connectivity index (χ3v) is 1.33. The van der Waals surface area contributed by atoms with Crippen LogP contribution in [0.5, 0.6) is 0 Å². The molecule has 0 aliphatic rings. The first kappa shape index (κ1) is 14.0. The fourth-order valence-corrected chi connectivity index (χ4v) is 0.568. The molecule has 0 radical (unpaired) electrons.